The Kier molecular flexibility index (Phi) is 2.86. The van der Waals surface area contributed by atoms with Crippen molar-refractivity contribution < 1.29 is 14.0 Å². The Bertz CT molecular complexity index is 707. The Morgan fingerprint density at radius 2 is 1.75 bits per heavy atom. The fourth-order valence-electron chi connectivity index (χ4n) is 2.31. The van der Waals surface area contributed by atoms with E-state index in [1.54, 1.807) is 0 Å². The number of carbonyl (C=O) groups excluding carboxylic acids is 2. The fourth-order valence-corrected chi connectivity index (χ4v) is 2.31. The van der Waals surface area contributed by atoms with Crippen molar-refractivity contribution in [1.29, 1.82) is 0 Å². The van der Waals surface area contributed by atoms with E-state index in [9.17, 15) is 14.0 Å². The van der Waals surface area contributed by atoms with Gasteiger partial charge in [0.2, 0.25) is 0 Å². The molecular weight excluding hydrogens is 257 g/mol. The van der Waals surface area contributed by atoms with Crippen LogP contribution in [0.5, 0.6) is 0 Å². The van der Waals surface area contributed by atoms with Crippen LogP contribution < -0.4 is 4.90 Å². The maximum atomic E-state index is 13.2. The van der Waals surface area contributed by atoms with Crippen molar-refractivity contribution >= 4 is 17.4 Å². The van der Waals surface area contributed by atoms with E-state index in [-0.39, 0.29) is 5.56 Å². The van der Waals surface area contributed by atoms with Gasteiger partial charge in [0.25, 0.3) is 11.7 Å². The van der Waals surface area contributed by atoms with Crippen molar-refractivity contribution in [3.8, 4) is 0 Å². The van der Waals surface area contributed by atoms with Crippen LogP contribution in [0.3, 0.4) is 0 Å². The minimum absolute atomic E-state index is 0.141. The third kappa shape index (κ3) is 1.99. The molecule has 4 heteroatoms. The van der Waals surface area contributed by atoms with E-state index in [2.05, 4.69) is 0 Å². The van der Waals surface area contributed by atoms with E-state index in [1.807, 2.05) is 31.2 Å². The number of hydrogen-bond donors (Lipinski definition) is 0. The molecule has 0 aromatic heterocycles. The number of halogens is 1. The lowest BCUT2D eigenvalue weighted by atomic mass is 10.1. The van der Waals surface area contributed by atoms with E-state index < -0.39 is 17.5 Å². The van der Waals surface area contributed by atoms with Gasteiger partial charge in [-0.1, -0.05) is 29.8 Å². The highest BCUT2D eigenvalue weighted by Crippen LogP contribution is 2.30. The van der Waals surface area contributed by atoms with Gasteiger partial charge in [-0.05, 0) is 30.7 Å². The molecule has 0 unspecified atom stereocenters. The number of fused-ring (bicyclic) bond motifs is 1. The van der Waals surface area contributed by atoms with E-state index in [0.717, 1.165) is 17.2 Å². The number of nitrogens with zero attached hydrogens (tertiary/aromatic N) is 1. The minimum Gasteiger partial charge on any atom is -0.300 e. The number of ketones is 1. The predicted molar refractivity (Wildman–Crippen MR) is 73.1 cm³/mol. The molecule has 1 aliphatic heterocycles. The molecule has 0 aliphatic carbocycles. The molecule has 0 bridgehead atoms. The van der Waals surface area contributed by atoms with Crippen LogP contribution in [0.4, 0.5) is 10.1 Å². The summed E-state index contributed by atoms with van der Waals surface area (Å²) in [6.07, 6.45) is 0. The average Bonchev–Trinajstić information content (AvgIpc) is 2.66. The lowest BCUT2D eigenvalue weighted by Crippen LogP contribution is -2.29. The van der Waals surface area contributed by atoms with Gasteiger partial charge < -0.3 is 4.90 Å². The first-order valence-corrected chi connectivity index (χ1v) is 6.27. The number of amides is 1. The van der Waals surface area contributed by atoms with Gasteiger partial charge in [-0.25, -0.2) is 4.39 Å². The Hall–Kier alpha value is -2.49. The molecule has 0 radical (unpaired) electrons. The number of carbonyl (C=O) groups is 2. The maximum Gasteiger partial charge on any atom is 0.299 e. The molecule has 2 aromatic carbocycles. The number of benzene rings is 2. The van der Waals surface area contributed by atoms with E-state index in [0.29, 0.717) is 12.2 Å². The Morgan fingerprint density at radius 3 is 2.45 bits per heavy atom. The molecule has 0 N–H and O–H groups in total. The molecule has 100 valence electrons. The molecule has 2 aromatic rings. The topological polar surface area (TPSA) is 37.4 Å². The smallest absolute Gasteiger partial charge is 0.299 e. The zero-order valence-corrected chi connectivity index (χ0v) is 10.9. The molecule has 0 spiro atoms. The van der Waals surface area contributed by atoms with Crippen LogP contribution in [-0.2, 0) is 11.3 Å². The minimum atomic E-state index is -0.647. The van der Waals surface area contributed by atoms with Gasteiger partial charge in [0.15, 0.2) is 0 Å². The largest absolute Gasteiger partial charge is 0.300 e. The van der Waals surface area contributed by atoms with Gasteiger partial charge >= 0.3 is 0 Å². The van der Waals surface area contributed by atoms with Crippen molar-refractivity contribution in [1.82, 2.24) is 0 Å². The lowest BCUT2D eigenvalue weighted by Gasteiger charge is -2.16. The number of Topliss-reactive ketones (excluding diaryl/α,β-unsaturated/α-hetero) is 1. The van der Waals surface area contributed by atoms with Gasteiger partial charge in [-0.15, -0.1) is 0 Å². The molecule has 0 fully saturated rings. The second kappa shape index (κ2) is 4.56. The van der Waals surface area contributed by atoms with Crippen LogP contribution in [0.1, 0.15) is 21.5 Å². The van der Waals surface area contributed by atoms with Crippen molar-refractivity contribution in [2.24, 2.45) is 0 Å². The van der Waals surface area contributed by atoms with Crippen molar-refractivity contribution in [3.63, 3.8) is 0 Å². The average molecular weight is 269 g/mol. The first-order chi connectivity index (χ1) is 9.56. The zero-order chi connectivity index (χ0) is 14.3. The summed E-state index contributed by atoms with van der Waals surface area (Å²) in [4.78, 5) is 25.2. The molecule has 3 rings (SSSR count). The molecule has 20 heavy (non-hydrogen) atoms. The molecule has 3 nitrogen and oxygen atoms in total. The van der Waals surface area contributed by atoms with Crippen molar-refractivity contribution in [2.45, 2.75) is 13.5 Å². The Morgan fingerprint density at radius 1 is 1.05 bits per heavy atom. The summed E-state index contributed by atoms with van der Waals surface area (Å²) in [5.41, 5.74) is 2.66. The van der Waals surface area contributed by atoms with Crippen LogP contribution in [0.15, 0.2) is 42.5 Å². The van der Waals surface area contributed by atoms with Crippen LogP contribution in [0.25, 0.3) is 0 Å². The number of aryl methyl sites for hydroxylation is 1. The summed E-state index contributed by atoms with van der Waals surface area (Å²) in [6.45, 7) is 2.29. The van der Waals surface area contributed by atoms with E-state index >= 15 is 0 Å². The zero-order valence-electron chi connectivity index (χ0n) is 10.9. The molecule has 0 saturated heterocycles. The second-order valence-corrected chi connectivity index (χ2v) is 4.87. The first kappa shape index (κ1) is 12.5. The normalized spacial score (nSPS) is 13.8. The molecule has 1 amide bonds. The number of rotatable bonds is 2. The van der Waals surface area contributed by atoms with E-state index in [4.69, 9.17) is 0 Å². The molecule has 1 heterocycles. The molecule has 0 atom stereocenters. The second-order valence-electron chi connectivity index (χ2n) is 4.87. The third-order valence-electron chi connectivity index (χ3n) is 3.39. The van der Waals surface area contributed by atoms with Crippen LogP contribution in [-0.4, -0.2) is 11.7 Å². The van der Waals surface area contributed by atoms with Crippen LogP contribution in [0.2, 0.25) is 0 Å². The molecular formula is C16H12FNO2. The highest BCUT2D eigenvalue weighted by atomic mass is 19.1. The number of hydrogen-bond acceptors (Lipinski definition) is 2. The Labute approximate surface area is 115 Å². The third-order valence-corrected chi connectivity index (χ3v) is 3.39. The summed E-state index contributed by atoms with van der Waals surface area (Å²) >= 11 is 0. The van der Waals surface area contributed by atoms with Gasteiger partial charge in [0.05, 0.1) is 17.8 Å². The summed E-state index contributed by atoms with van der Waals surface area (Å²) in [5, 5.41) is 0. The standard InChI is InChI=1S/C16H12FNO2/c1-10-2-4-11(5-3-10)9-18-14-7-6-12(17)8-13(14)15(19)16(18)20/h2-8H,9H2,1H3. The summed E-state index contributed by atoms with van der Waals surface area (Å²) in [6, 6.07) is 11.6. The molecule has 1 aliphatic rings. The van der Waals surface area contributed by atoms with Gasteiger partial charge in [-0.2, -0.15) is 0 Å². The van der Waals surface area contributed by atoms with Crippen molar-refractivity contribution in [3.05, 3.63) is 65.0 Å². The summed E-state index contributed by atoms with van der Waals surface area (Å²) in [5.74, 6) is -1.76. The first-order valence-electron chi connectivity index (χ1n) is 6.27. The highest BCUT2D eigenvalue weighted by Gasteiger charge is 2.35. The SMILES string of the molecule is Cc1ccc(CN2C(=O)C(=O)c3cc(F)ccc32)cc1. The lowest BCUT2D eigenvalue weighted by molar-refractivity contribution is -0.114. The van der Waals surface area contributed by atoms with Gasteiger partial charge in [-0.3, -0.25) is 9.59 Å². The maximum absolute atomic E-state index is 13.2. The summed E-state index contributed by atoms with van der Waals surface area (Å²) in [7, 11) is 0. The van der Waals surface area contributed by atoms with Crippen molar-refractivity contribution in [2.75, 3.05) is 4.90 Å². The fraction of sp³-hybridized carbons (Fsp3) is 0.125. The highest BCUT2D eigenvalue weighted by molar-refractivity contribution is 6.52. The quantitative estimate of drug-likeness (QED) is 0.786. The Balaban J connectivity index is 1.97. The monoisotopic (exact) mass is 269 g/mol. The van der Waals surface area contributed by atoms with Crippen LogP contribution >= 0.6 is 0 Å². The predicted octanol–water partition coefficient (Wildman–Crippen LogP) is 2.86. The number of anilines is 1. The summed E-state index contributed by atoms with van der Waals surface area (Å²) < 4.78 is 13.2. The van der Waals surface area contributed by atoms with Gasteiger partial charge in [0, 0.05) is 0 Å². The van der Waals surface area contributed by atoms with E-state index in [1.165, 1.54) is 17.0 Å². The van der Waals surface area contributed by atoms with Crippen LogP contribution in [0, 0.1) is 12.7 Å². The molecule has 0 saturated carbocycles. The van der Waals surface area contributed by atoms with Gasteiger partial charge in [0.1, 0.15) is 5.82 Å².